The summed E-state index contributed by atoms with van der Waals surface area (Å²) in [5, 5.41) is 4.70. The number of benzene rings is 4. The van der Waals surface area contributed by atoms with Crippen LogP contribution in [0.15, 0.2) is 94.9 Å². The highest BCUT2D eigenvalue weighted by Crippen LogP contribution is 2.35. The van der Waals surface area contributed by atoms with Crippen LogP contribution in [0.25, 0.3) is 0 Å². The fourth-order valence-corrected chi connectivity index (χ4v) is 5.76. The second-order valence-electron chi connectivity index (χ2n) is 9.71. The number of rotatable bonds is 14. The Morgan fingerprint density at radius 2 is 1.60 bits per heavy atom. The van der Waals surface area contributed by atoms with Crippen LogP contribution in [0, 0.1) is 6.92 Å². The molecule has 0 saturated carbocycles. The molecule has 10 nitrogen and oxygen atoms in total. The number of sulfonamides is 1. The quantitative estimate of drug-likeness (QED) is 0.132. The number of hydrogen-bond donors (Lipinski definition) is 1. The molecule has 0 heterocycles. The first-order valence-corrected chi connectivity index (χ1v) is 15.7. The Hall–Kier alpha value is -4.74. The third-order valence-corrected chi connectivity index (χ3v) is 8.55. The number of ether oxygens (including phenoxy) is 4. The van der Waals surface area contributed by atoms with E-state index in [9.17, 15) is 13.2 Å². The van der Waals surface area contributed by atoms with Crippen molar-refractivity contribution < 1.29 is 32.2 Å². The van der Waals surface area contributed by atoms with Crippen molar-refractivity contribution in [2.75, 3.05) is 31.7 Å². The number of carbonyl (C=O) groups is 1. The van der Waals surface area contributed by atoms with Gasteiger partial charge < -0.3 is 18.9 Å². The molecule has 1 amide bonds. The van der Waals surface area contributed by atoms with Gasteiger partial charge in [0.05, 0.1) is 37.6 Å². The zero-order valence-electron chi connectivity index (χ0n) is 25.3. The van der Waals surface area contributed by atoms with Gasteiger partial charge in [0.25, 0.3) is 15.9 Å². The van der Waals surface area contributed by atoms with Crippen LogP contribution in [0.1, 0.15) is 23.6 Å². The Balaban J connectivity index is 1.53. The highest BCUT2D eigenvalue weighted by Gasteiger charge is 2.30. The van der Waals surface area contributed by atoms with Crippen molar-refractivity contribution in [1.82, 2.24) is 5.43 Å². The van der Waals surface area contributed by atoms with E-state index in [-0.39, 0.29) is 16.3 Å². The number of nitrogens with zero attached hydrogens (tertiary/aromatic N) is 2. The molecule has 236 valence electrons. The summed E-state index contributed by atoms with van der Waals surface area (Å²) in [7, 11) is -1.32. The number of aryl methyl sites for hydroxylation is 1. The van der Waals surface area contributed by atoms with Gasteiger partial charge >= 0.3 is 0 Å². The monoisotopic (exact) mass is 651 g/mol. The van der Waals surface area contributed by atoms with Crippen molar-refractivity contribution in [3.63, 3.8) is 0 Å². The second kappa shape index (κ2) is 15.3. The Morgan fingerprint density at radius 3 is 2.27 bits per heavy atom. The van der Waals surface area contributed by atoms with Crippen molar-refractivity contribution in [2.24, 2.45) is 5.10 Å². The molecule has 4 aromatic rings. The van der Waals surface area contributed by atoms with Gasteiger partial charge in [-0.05, 0) is 79.6 Å². The Kier molecular flexibility index (Phi) is 11.3. The van der Waals surface area contributed by atoms with Crippen molar-refractivity contribution >= 4 is 39.4 Å². The zero-order valence-corrected chi connectivity index (χ0v) is 26.9. The molecule has 1 N–H and O–H groups in total. The topological polar surface area (TPSA) is 116 Å². The van der Waals surface area contributed by atoms with E-state index in [1.807, 2.05) is 26.0 Å². The van der Waals surface area contributed by atoms with Gasteiger partial charge in [-0.25, -0.2) is 13.8 Å². The van der Waals surface area contributed by atoms with Crippen molar-refractivity contribution in [1.29, 1.82) is 0 Å². The van der Waals surface area contributed by atoms with Crippen LogP contribution in [0.4, 0.5) is 5.69 Å². The van der Waals surface area contributed by atoms with Crippen molar-refractivity contribution in [2.45, 2.75) is 25.3 Å². The van der Waals surface area contributed by atoms with Gasteiger partial charge in [-0.3, -0.25) is 9.10 Å². The molecule has 0 unspecified atom stereocenters. The van der Waals surface area contributed by atoms with Crippen molar-refractivity contribution in [3.05, 3.63) is 107 Å². The maximum Gasteiger partial charge on any atom is 0.264 e. The highest BCUT2D eigenvalue weighted by molar-refractivity contribution is 7.92. The number of methoxy groups -OCH3 is 2. The maximum atomic E-state index is 13.8. The summed E-state index contributed by atoms with van der Waals surface area (Å²) >= 11 is 5.96. The predicted molar refractivity (Wildman–Crippen MR) is 174 cm³/mol. The first-order chi connectivity index (χ1) is 21.6. The normalized spacial score (nSPS) is 11.2. The van der Waals surface area contributed by atoms with Crippen LogP contribution in [0.2, 0.25) is 5.02 Å². The second-order valence-corrected chi connectivity index (χ2v) is 12.0. The van der Waals surface area contributed by atoms with Crippen LogP contribution in [0.5, 0.6) is 23.0 Å². The Labute approximate surface area is 268 Å². The lowest BCUT2D eigenvalue weighted by atomic mass is 10.2. The molecule has 0 aromatic heterocycles. The molecule has 0 fully saturated rings. The van der Waals surface area contributed by atoms with Crippen LogP contribution in [0.3, 0.4) is 0 Å². The fraction of sp³-hybridized carbons (Fsp3) is 0.212. The minimum Gasteiger partial charge on any atom is -0.497 e. The molecule has 4 rings (SSSR count). The lowest BCUT2D eigenvalue weighted by Gasteiger charge is -2.25. The average Bonchev–Trinajstić information content (AvgIpc) is 3.04. The van der Waals surface area contributed by atoms with Crippen LogP contribution < -0.4 is 28.7 Å². The van der Waals surface area contributed by atoms with E-state index in [2.05, 4.69) is 10.5 Å². The van der Waals surface area contributed by atoms with Gasteiger partial charge in [0.15, 0.2) is 11.5 Å². The Bertz CT molecular complexity index is 1750. The fourth-order valence-electron chi connectivity index (χ4n) is 4.21. The molecule has 0 saturated heterocycles. The van der Waals surface area contributed by atoms with E-state index < -0.39 is 22.5 Å². The van der Waals surface area contributed by atoms with E-state index in [1.54, 1.807) is 54.6 Å². The molecule has 4 aromatic carbocycles. The Morgan fingerprint density at radius 1 is 0.889 bits per heavy atom. The van der Waals surface area contributed by atoms with Gasteiger partial charge in [0.1, 0.15) is 24.7 Å². The molecule has 0 bridgehead atoms. The summed E-state index contributed by atoms with van der Waals surface area (Å²) in [6, 6.07) is 23.6. The highest BCUT2D eigenvalue weighted by atomic mass is 35.5. The van der Waals surface area contributed by atoms with Gasteiger partial charge in [-0.15, -0.1) is 0 Å². The van der Waals surface area contributed by atoms with Crippen molar-refractivity contribution in [3.8, 4) is 23.0 Å². The number of hydrogen-bond acceptors (Lipinski definition) is 8. The molecule has 0 spiro atoms. The average molecular weight is 652 g/mol. The zero-order chi connectivity index (χ0) is 32.4. The largest absolute Gasteiger partial charge is 0.497 e. The minimum atomic E-state index is -4.20. The third-order valence-electron chi connectivity index (χ3n) is 6.53. The number of carbonyl (C=O) groups excluding carboxylic acids is 1. The molecule has 45 heavy (non-hydrogen) atoms. The van der Waals surface area contributed by atoms with E-state index in [0.29, 0.717) is 41.0 Å². The van der Waals surface area contributed by atoms with Gasteiger partial charge in [0, 0.05) is 11.1 Å². The minimum absolute atomic E-state index is 0.0103. The van der Waals surface area contributed by atoms with Gasteiger partial charge in [-0.2, -0.15) is 5.10 Å². The number of halogens is 1. The maximum absolute atomic E-state index is 13.8. The third kappa shape index (κ3) is 8.68. The van der Waals surface area contributed by atoms with E-state index in [1.165, 1.54) is 38.6 Å². The standard InChI is InChI=1S/C33H34ClN3O7S/c1-5-43-32-18-25(10-16-31(32)44-22-24-8-11-26(34)12-9-24)20-35-36-33(38)21-37(29-19-27(41-3)13-17-30(29)42-4)45(39,40)28-14-6-23(2)7-15-28/h6-20H,5,21-22H2,1-4H3,(H,36,38)/b35-20+. The number of anilines is 1. The van der Waals surface area contributed by atoms with Crippen LogP contribution in [-0.2, 0) is 21.4 Å². The molecular formula is C33H34ClN3O7S. The molecule has 0 aliphatic carbocycles. The van der Waals surface area contributed by atoms with Crippen LogP contribution >= 0.6 is 11.6 Å². The lowest BCUT2D eigenvalue weighted by molar-refractivity contribution is -0.119. The lowest BCUT2D eigenvalue weighted by Crippen LogP contribution is -2.39. The molecular weight excluding hydrogens is 618 g/mol. The summed E-state index contributed by atoms with van der Waals surface area (Å²) < 4.78 is 51.0. The number of amides is 1. The first-order valence-electron chi connectivity index (χ1n) is 13.9. The summed E-state index contributed by atoms with van der Waals surface area (Å²) in [5.41, 5.74) is 5.00. The molecule has 0 radical (unpaired) electrons. The summed E-state index contributed by atoms with van der Waals surface area (Å²) in [6.07, 6.45) is 1.42. The van der Waals surface area contributed by atoms with E-state index in [0.717, 1.165) is 15.4 Å². The molecule has 0 aliphatic rings. The summed E-state index contributed by atoms with van der Waals surface area (Å²) in [5.74, 6) is 0.989. The smallest absolute Gasteiger partial charge is 0.264 e. The van der Waals surface area contributed by atoms with E-state index >= 15 is 0 Å². The molecule has 12 heteroatoms. The first kappa shape index (κ1) is 33.2. The summed E-state index contributed by atoms with van der Waals surface area (Å²) in [4.78, 5) is 13.1. The molecule has 0 aliphatic heterocycles. The SMILES string of the molecule is CCOc1cc(/C=N/NC(=O)CN(c2cc(OC)ccc2OC)S(=O)(=O)c2ccc(C)cc2)ccc1OCc1ccc(Cl)cc1. The summed E-state index contributed by atoms with van der Waals surface area (Å²) in [6.45, 7) is 3.86. The van der Waals surface area contributed by atoms with Gasteiger partial charge in [0.2, 0.25) is 0 Å². The van der Waals surface area contributed by atoms with Crippen LogP contribution in [-0.4, -0.2) is 47.9 Å². The van der Waals surface area contributed by atoms with E-state index in [4.69, 9.17) is 30.5 Å². The molecule has 0 atom stereocenters. The number of nitrogens with one attached hydrogen (secondary N) is 1. The number of hydrazone groups is 1. The predicted octanol–water partition coefficient (Wildman–Crippen LogP) is 5.99. The van der Waals surface area contributed by atoms with Gasteiger partial charge in [-0.1, -0.05) is 41.4 Å².